The number of aliphatic hydroxyl groups excluding tert-OH is 1. The van der Waals surface area contributed by atoms with Crippen LogP contribution >= 0.6 is 35.3 Å². The third-order valence-corrected chi connectivity index (χ3v) is 10.3. The predicted octanol–water partition coefficient (Wildman–Crippen LogP) is 3.17. The number of hydrogen-bond acceptors (Lipinski definition) is 9. The van der Waals surface area contributed by atoms with Crippen molar-refractivity contribution in [2.24, 2.45) is 15.4 Å². The Bertz CT molecular complexity index is 936. The minimum atomic E-state index is -0.688. The fraction of sp³-hybridized carbons (Fsp3) is 0.591. The molecule has 0 radical (unpaired) electrons. The number of Topliss-reactive ketones (excluding diaryl/α,β-unsaturated/α-hetero) is 1. The summed E-state index contributed by atoms with van der Waals surface area (Å²) in [6.07, 6.45) is -0.624. The highest BCUT2D eigenvalue weighted by Gasteiger charge is 2.47. The van der Waals surface area contributed by atoms with Crippen LogP contribution in [0.1, 0.15) is 33.3 Å². The van der Waals surface area contributed by atoms with Gasteiger partial charge in [0.1, 0.15) is 16.3 Å². The molecule has 0 spiro atoms. The van der Waals surface area contributed by atoms with Crippen molar-refractivity contribution < 1.29 is 15.0 Å². The maximum Gasteiger partial charge on any atom is 0.157 e. The number of phenolic OH excluding ortho intramolecular Hbond substituents is 1. The number of carbonyl (C=O) groups is 1. The SMILES string of the molecule is CC(=O)[C@@]1(C)CSC(C(C)(C)[C@H](O)C2CSC([C@H]3CSC(c4ccccc4O)=N3)N2)=N1. The molecule has 2 unspecified atom stereocenters. The van der Waals surface area contributed by atoms with Crippen molar-refractivity contribution in [3.63, 3.8) is 0 Å². The van der Waals surface area contributed by atoms with Crippen molar-refractivity contribution in [1.82, 2.24) is 5.32 Å². The molecule has 168 valence electrons. The van der Waals surface area contributed by atoms with Crippen LogP contribution in [0.2, 0.25) is 0 Å². The zero-order valence-electron chi connectivity index (χ0n) is 18.2. The van der Waals surface area contributed by atoms with Gasteiger partial charge in [0.25, 0.3) is 0 Å². The number of nitrogens with zero attached hydrogens (tertiary/aromatic N) is 2. The summed E-state index contributed by atoms with van der Waals surface area (Å²) < 4.78 is 0. The topological polar surface area (TPSA) is 94.3 Å². The van der Waals surface area contributed by atoms with Gasteiger partial charge in [-0.05, 0) is 26.0 Å². The highest BCUT2D eigenvalue weighted by Crippen LogP contribution is 2.41. The van der Waals surface area contributed by atoms with Crippen molar-refractivity contribution in [1.29, 1.82) is 0 Å². The first kappa shape index (κ1) is 23.2. The average molecular weight is 480 g/mol. The number of carbonyl (C=O) groups excluding carboxylic acids is 1. The molecule has 0 saturated carbocycles. The summed E-state index contributed by atoms with van der Waals surface area (Å²) in [7, 11) is 0. The van der Waals surface area contributed by atoms with E-state index in [0.717, 1.165) is 27.2 Å². The zero-order valence-corrected chi connectivity index (χ0v) is 20.6. The van der Waals surface area contributed by atoms with E-state index in [1.807, 2.05) is 39.0 Å². The lowest BCUT2D eigenvalue weighted by Crippen LogP contribution is -2.51. The molecule has 3 N–H and O–H groups in total. The Labute approximate surface area is 196 Å². The molecular weight excluding hydrogens is 450 g/mol. The maximum absolute atomic E-state index is 12.0. The lowest BCUT2D eigenvalue weighted by molar-refractivity contribution is -0.120. The summed E-state index contributed by atoms with van der Waals surface area (Å²) in [6, 6.07) is 7.30. The van der Waals surface area contributed by atoms with E-state index in [4.69, 9.17) is 9.98 Å². The van der Waals surface area contributed by atoms with Crippen LogP contribution in [0.15, 0.2) is 34.3 Å². The third-order valence-electron chi connectivity index (χ3n) is 6.26. The smallest absolute Gasteiger partial charge is 0.157 e. The molecule has 3 heterocycles. The first-order valence-corrected chi connectivity index (χ1v) is 13.4. The molecule has 0 amide bonds. The number of benzene rings is 1. The van der Waals surface area contributed by atoms with E-state index in [2.05, 4.69) is 5.32 Å². The molecule has 4 rings (SSSR count). The molecule has 5 atom stereocenters. The molecule has 0 aromatic heterocycles. The van der Waals surface area contributed by atoms with Gasteiger partial charge in [-0.2, -0.15) is 0 Å². The van der Waals surface area contributed by atoms with Gasteiger partial charge in [0.05, 0.1) is 22.6 Å². The minimum Gasteiger partial charge on any atom is -0.507 e. The van der Waals surface area contributed by atoms with Gasteiger partial charge in [-0.1, -0.05) is 26.0 Å². The summed E-state index contributed by atoms with van der Waals surface area (Å²) in [5, 5.41) is 26.8. The lowest BCUT2D eigenvalue weighted by atomic mass is 9.83. The molecule has 31 heavy (non-hydrogen) atoms. The fourth-order valence-corrected chi connectivity index (χ4v) is 7.95. The van der Waals surface area contributed by atoms with E-state index in [1.54, 1.807) is 48.3 Å². The highest BCUT2D eigenvalue weighted by atomic mass is 32.2. The van der Waals surface area contributed by atoms with Crippen LogP contribution in [0.3, 0.4) is 0 Å². The second-order valence-electron chi connectivity index (χ2n) is 9.06. The Morgan fingerprint density at radius 2 is 2.03 bits per heavy atom. The van der Waals surface area contributed by atoms with E-state index in [9.17, 15) is 15.0 Å². The number of aliphatic hydroxyl groups is 1. The number of phenols is 1. The number of ketones is 1. The highest BCUT2D eigenvalue weighted by molar-refractivity contribution is 8.15. The largest absolute Gasteiger partial charge is 0.507 e. The van der Waals surface area contributed by atoms with Crippen molar-refractivity contribution in [3.8, 4) is 5.75 Å². The quantitative estimate of drug-likeness (QED) is 0.577. The summed E-state index contributed by atoms with van der Waals surface area (Å²) in [4.78, 5) is 21.6. The monoisotopic (exact) mass is 479 g/mol. The van der Waals surface area contributed by atoms with Gasteiger partial charge in [-0.15, -0.1) is 35.3 Å². The van der Waals surface area contributed by atoms with Gasteiger partial charge in [0.15, 0.2) is 5.78 Å². The van der Waals surface area contributed by atoms with Crippen molar-refractivity contribution >= 4 is 51.2 Å². The molecule has 1 fully saturated rings. The Balaban J connectivity index is 1.43. The van der Waals surface area contributed by atoms with Crippen LogP contribution in [0.25, 0.3) is 0 Å². The van der Waals surface area contributed by atoms with E-state index in [-0.39, 0.29) is 29.0 Å². The standard InChI is InChI=1S/C22H29N3O3S3/c1-12(26)22(4)11-31-20(25-22)21(2,3)17(28)14-9-30-19(23-14)15-10-29-18(24-15)13-7-5-6-8-16(13)27/h5-8,14-15,17,19,23,27-28H,9-11H2,1-4H3/t14?,15-,17-,19?,22-/m1/s1. The lowest BCUT2D eigenvalue weighted by Gasteiger charge is -2.34. The Hall–Kier alpha value is -1.00. The van der Waals surface area contributed by atoms with Gasteiger partial charge < -0.3 is 10.2 Å². The Morgan fingerprint density at radius 3 is 2.71 bits per heavy atom. The molecule has 0 bridgehead atoms. The molecule has 3 aliphatic heterocycles. The van der Waals surface area contributed by atoms with E-state index in [0.29, 0.717) is 5.75 Å². The first-order valence-electron chi connectivity index (χ1n) is 10.4. The minimum absolute atomic E-state index is 0.0618. The predicted molar refractivity (Wildman–Crippen MR) is 133 cm³/mol. The number of aliphatic imine (C=N–C) groups is 2. The molecule has 0 aliphatic carbocycles. The molecule has 6 nitrogen and oxygen atoms in total. The number of aromatic hydroxyl groups is 1. The number of thioether (sulfide) groups is 3. The number of hydrogen-bond donors (Lipinski definition) is 3. The van der Waals surface area contributed by atoms with Crippen LogP contribution < -0.4 is 5.32 Å². The normalized spacial score (nSPS) is 32.1. The summed E-state index contributed by atoms with van der Waals surface area (Å²) >= 11 is 5.03. The van der Waals surface area contributed by atoms with Crippen LogP contribution in [0.4, 0.5) is 0 Å². The molecule has 3 aliphatic rings. The van der Waals surface area contributed by atoms with E-state index < -0.39 is 17.1 Å². The summed E-state index contributed by atoms with van der Waals surface area (Å²) in [5.74, 6) is 2.59. The first-order chi connectivity index (χ1) is 14.6. The van der Waals surface area contributed by atoms with E-state index >= 15 is 0 Å². The van der Waals surface area contributed by atoms with Crippen LogP contribution in [-0.4, -0.2) is 72.4 Å². The van der Waals surface area contributed by atoms with Crippen LogP contribution in [-0.2, 0) is 4.79 Å². The fourth-order valence-electron chi connectivity index (χ4n) is 3.90. The van der Waals surface area contributed by atoms with Crippen LogP contribution in [0.5, 0.6) is 5.75 Å². The molecular formula is C22H29N3O3S3. The summed E-state index contributed by atoms with van der Waals surface area (Å²) in [5.41, 5.74) is -0.452. The molecule has 1 saturated heterocycles. The van der Waals surface area contributed by atoms with Gasteiger partial charge in [-0.25, -0.2) is 0 Å². The maximum atomic E-state index is 12.0. The third kappa shape index (κ3) is 4.44. The second-order valence-corrected chi connectivity index (χ2v) is 12.2. The Kier molecular flexibility index (Phi) is 6.53. The molecule has 1 aromatic rings. The van der Waals surface area contributed by atoms with Gasteiger partial charge in [0.2, 0.25) is 0 Å². The second kappa shape index (κ2) is 8.74. The van der Waals surface area contributed by atoms with Crippen molar-refractivity contribution in [3.05, 3.63) is 29.8 Å². The number of para-hydroxylation sites is 1. The molecule has 1 aromatic carbocycles. The number of rotatable bonds is 6. The van der Waals surface area contributed by atoms with Gasteiger partial charge in [-0.3, -0.25) is 20.1 Å². The van der Waals surface area contributed by atoms with Gasteiger partial charge in [0, 0.05) is 34.3 Å². The van der Waals surface area contributed by atoms with Crippen molar-refractivity contribution in [2.75, 3.05) is 17.3 Å². The Morgan fingerprint density at radius 1 is 1.29 bits per heavy atom. The number of nitrogens with one attached hydrogen (secondary N) is 1. The van der Waals surface area contributed by atoms with Crippen LogP contribution in [0, 0.1) is 5.41 Å². The molecule has 9 heteroatoms. The average Bonchev–Trinajstić information content (AvgIpc) is 3.47. The van der Waals surface area contributed by atoms with Gasteiger partial charge >= 0.3 is 0 Å². The van der Waals surface area contributed by atoms with E-state index in [1.165, 1.54) is 0 Å². The summed E-state index contributed by atoms with van der Waals surface area (Å²) in [6.45, 7) is 7.47. The van der Waals surface area contributed by atoms with Crippen molar-refractivity contribution in [2.45, 2.75) is 56.8 Å². The zero-order chi connectivity index (χ0) is 22.4.